The number of aromatic hydroxyl groups is 1. The second kappa shape index (κ2) is 5.55. The zero-order chi connectivity index (χ0) is 13.9. The number of phenols is 1. The molecule has 2 aromatic carbocycles. The lowest BCUT2D eigenvalue weighted by Gasteiger charge is -2.15. The van der Waals surface area contributed by atoms with Crippen molar-refractivity contribution < 1.29 is 9.84 Å². The van der Waals surface area contributed by atoms with Gasteiger partial charge in [0.25, 0.3) is 0 Å². The smallest absolute Gasteiger partial charge is 0.122 e. The summed E-state index contributed by atoms with van der Waals surface area (Å²) in [6.45, 7) is 3.69. The molecule has 0 aromatic heterocycles. The van der Waals surface area contributed by atoms with E-state index in [0.29, 0.717) is 5.75 Å². The molecule has 1 aliphatic rings. The van der Waals surface area contributed by atoms with Gasteiger partial charge < -0.3 is 15.2 Å². The molecule has 0 amide bonds. The van der Waals surface area contributed by atoms with Crippen LogP contribution >= 0.6 is 0 Å². The number of benzene rings is 2. The van der Waals surface area contributed by atoms with E-state index < -0.39 is 0 Å². The summed E-state index contributed by atoms with van der Waals surface area (Å²) in [5.41, 5.74) is 3.66. The second-order valence-electron chi connectivity index (χ2n) is 5.24. The molecule has 1 unspecified atom stereocenters. The van der Waals surface area contributed by atoms with E-state index in [1.807, 2.05) is 12.1 Å². The number of nitrogens with one attached hydrogen (secondary N) is 1. The Bertz CT molecular complexity index is 610. The summed E-state index contributed by atoms with van der Waals surface area (Å²) in [7, 11) is 0. The first-order valence-electron chi connectivity index (χ1n) is 6.99. The van der Waals surface area contributed by atoms with Crippen molar-refractivity contribution in [2.24, 2.45) is 0 Å². The molecule has 3 nitrogen and oxygen atoms in total. The Hall–Kier alpha value is -2.00. The zero-order valence-electron chi connectivity index (χ0n) is 11.6. The monoisotopic (exact) mass is 269 g/mol. The summed E-state index contributed by atoms with van der Waals surface area (Å²) < 4.78 is 5.53. The second-order valence-corrected chi connectivity index (χ2v) is 5.24. The summed E-state index contributed by atoms with van der Waals surface area (Å²) in [5, 5.41) is 12.9. The number of fused-ring (bicyclic) bond motifs is 1. The van der Waals surface area contributed by atoms with Crippen molar-refractivity contribution in [3.63, 3.8) is 0 Å². The van der Waals surface area contributed by atoms with E-state index in [1.165, 1.54) is 11.1 Å². The van der Waals surface area contributed by atoms with Gasteiger partial charge in [-0.1, -0.05) is 24.3 Å². The topological polar surface area (TPSA) is 41.5 Å². The zero-order valence-corrected chi connectivity index (χ0v) is 11.6. The van der Waals surface area contributed by atoms with Crippen molar-refractivity contribution in [3.05, 3.63) is 59.2 Å². The number of hydrogen-bond donors (Lipinski definition) is 2. The van der Waals surface area contributed by atoms with Gasteiger partial charge in [0.05, 0.1) is 6.61 Å². The number of ether oxygens (including phenoxy) is 1. The molecule has 2 aromatic rings. The first-order valence-corrected chi connectivity index (χ1v) is 6.99. The summed E-state index contributed by atoms with van der Waals surface area (Å²) in [4.78, 5) is 0. The first-order chi connectivity index (χ1) is 9.72. The molecule has 0 saturated carbocycles. The van der Waals surface area contributed by atoms with Gasteiger partial charge in [0.2, 0.25) is 0 Å². The number of phenolic OH excluding ortho intramolecular Hbond substituents is 1. The van der Waals surface area contributed by atoms with Gasteiger partial charge in [0.1, 0.15) is 11.5 Å². The van der Waals surface area contributed by atoms with Crippen molar-refractivity contribution in [2.45, 2.75) is 25.9 Å². The van der Waals surface area contributed by atoms with Crippen LogP contribution in [0.25, 0.3) is 0 Å². The minimum absolute atomic E-state index is 0.267. The molecule has 0 radical (unpaired) electrons. The van der Waals surface area contributed by atoms with Gasteiger partial charge in [0.15, 0.2) is 0 Å². The van der Waals surface area contributed by atoms with Gasteiger partial charge >= 0.3 is 0 Å². The minimum Gasteiger partial charge on any atom is -0.508 e. The van der Waals surface area contributed by atoms with Gasteiger partial charge in [-0.25, -0.2) is 0 Å². The van der Waals surface area contributed by atoms with Crippen molar-refractivity contribution in [1.82, 2.24) is 5.32 Å². The van der Waals surface area contributed by atoms with Crippen LogP contribution < -0.4 is 10.1 Å². The fourth-order valence-electron chi connectivity index (χ4n) is 2.53. The van der Waals surface area contributed by atoms with E-state index in [4.69, 9.17) is 4.74 Å². The standard InChI is InChI=1S/C17H19NO2/c1-12(18-11-13-3-2-4-16(19)9-13)14-5-6-17-15(10-14)7-8-20-17/h2-6,9-10,12,18-19H,7-8,11H2,1H3. The van der Waals surface area contributed by atoms with Gasteiger partial charge in [-0.15, -0.1) is 0 Å². The lowest BCUT2D eigenvalue weighted by Crippen LogP contribution is -2.18. The maximum absolute atomic E-state index is 9.46. The minimum atomic E-state index is 0.267. The van der Waals surface area contributed by atoms with Crippen molar-refractivity contribution >= 4 is 0 Å². The van der Waals surface area contributed by atoms with Crippen LogP contribution in [0.2, 0.25) is 0 Å². The van der Waals surface area contributed by atoms with Crippen LogP contribution in [-0.2, 0) is 13.0 Å². The SMILES string of the molecule is CC(NCc1cccc(O)c1)c1ccc2c(c1)CCO2. The lowest BCUT2D eigenvalue weighted by atomic mass is 10.0. The molecule has 1 atom stereocenters. The Morgan fingerprint density at radius 2 is 2.15 bits per heavy atom. The average molecular weight is 269 g/mol. The summed E-state index contributed by atoms with van der Waals surface area (Å²) in [6, 6.07) is 14.0. The quantitative estimate of drug-likeness (QED) is 0.895. The maximum Gasteiger partial charge on any atom is 0.122 e. The van der Waals surface area contributed by atoms with Gasteiger partial charge in [0, 0.05) is 19.0 Å². The van der Waals surface area contributed by atoms with E-state index in [2.05, 4.69) is 30.4 Å². The van der Waals surface area contributed by atoms with E-state index >= 15 is 0 Å². The molecule has 104 valence electrons. The Morgan fingerprint density at radius 1 is 1.25 bits per heavy atom. The molecule has 3 heteroatoms. The van der Waals surface area contributed by atoms with Gasteiger partial charge in [-0.3, -0.25) is 0 Å². The fraction of sp³-hybridized carbons (Fsp3) is 0.294. The fourth-order valence-corrected chi connectivity index (χ4v) is 2.53. The largest absolute Gasteiger partial charge is 0.508 e. The molecule has 3 rings (SSSR count). The normalized spacial score (nSPS) is 14.7. The van der Waals surface area contributed by atoms with Crippen molar-refractivity contribution in [2.75, 3.05) is 6.61 Å². The van der Waals surface area contributed by atoms with Crippen molar-refractivity contribution in [3.8, 4) is 11.5 Å². The summed E-state index contributed by atoms with van der Waals surface area (Å²) in [5.74, 6) is 1.33. The molecule has 0 spiro atoms. The number of rotatable bonds is 4. The molecule has 1 heterocycles. The Kier molecular flexibility index (Phi) is 3.61. The highest BCUT2D eigenvalue weighted by atomic mass is 16.5. The van der Waals surface area contributed by atoms with E-state index in [-0.39, 0.29) is 6.04 Å². The summed E-state index contributed by atoms with van der Waals surface area (Å²) in [6.07, 6.45) is 1.00. The Balaban J connectivity index is 1.66. The average Bonchev–Trinajstić information content (AvgIpc) is 2.92. The maximum atomic E-state index is 9.46. The van der Waals surface area contributed by atoms with Crippen LogP contribution in [0.15, 0.2) is 42.5 Å². The molecular weight excluding hydrogens is 250 g/mol. The molecule has 20 heavy (non-hydrogen) atoms. The molecule has 1 aliphatic heterocycles. The van der Waals surface area contributed by atoms with E-state index in [1.54, 1.807) is 12.1 Å². The van der Waals surface area contributed by atoms with Crippen LogP contribution in [-0.4, -0.2) is 11.7 Å². The molecule has 0 saturated heterocycles. The predicted octanol–water partition coefficient (Wildman–Crippen LogP) is 3.18. The van der Waals surface area contributed by atoms with Gasteiger partial charge in [-0.2, -0.15) is 0 Å². The highest BCUT2D eigenvalue weighted by molar-refractivity contribution is 5.40. The number of hydrogen-bond acceptors (Lipinski definition) is 3. The van der Waals surface area contributed by atoms with Crippen LogP contribution in [0.5, 0.6) is 11.5 Å². The van der Waals surface area contributed by atoms with Crippen LogP contribution in [0, 0.1) is 0 Å². The van der Waals surface area contributed by atoms with Crippen LogP contribution in [0.1, 0.15) is 29.7 Å². The third-order valence-corrected chi connectivity index (χ3v) is 3.74. The van der Waals surface area contributed by atoms with E-state index in [9.17, 15) is 5.11 Å². The van der Waals surface area contributed by atoms with Crippen LogP contribution in [0.3, 0.4) is 0 Å². The Morgan fingerprint density at radius 3 is 3.00 bits per heavy atom. The van der Waals surface area contributed by atoms with Crippen molar-refractivity contribution in [1.29, 1.82) is 0 Å². The van der Waals surface area contributed by atoms with Crippen LogP contribution in [0.4, 0.5) is 0 Å². The highest BCUT2D eigenvalue weighted by Gasteiger charge is 2.14. The molecule has 0 bridgehead atoms. The molecule has 0 fully saturated rings. The first kappa shape index (κ1) is 13.0. The molecule has 2 N–H and O–H groups in total. The summed E-state index contributed by atoms with van der Waals surface area (Å²) >= 11 is 0. The van der Waals surface area contributed by atoms with E-state index in [0.717, 1.165) is 30.9 Å². The Labute approximate surface area is 119 Å². The molecule has 0 aliphatic carbocycles. The third-order valence-electron chi connectivity index (χ3n) is 3.74. The molecular formula is C17H19NO2. The lowest BCUT2D eigenvalue weighted by molar-refractivity contribution is 0.356. The highest BCUT2D eigenvalue weighted by Crippen LogP contribution is 2.28. The predicted molar refractivity (Wildman–Crippen MR) is 79.0 cm³/mol. The third kappa shape index (κ3) is 2.78. The van der Waals surface area contributed by atoms with Gasteiger partial charge in [-0.05, 0) is 41.8 Å².